The summed E-state index contributed by atoms with van der Waals surface area (Å²) < 4.78 is 0. The fourth-order valence-corrected chi connectivity index (χ4v) is 2.64. The van der Waals surface area contributed by atoms with Gasteiger partial charge in [-0.05, 0) is 37.1 Å². The van der Waals surface area contributed by atoms with E-state index < -0.39 is 0 Å². The summed E-state index contributed by atoms with van der Waals surface area (Å²) in [6, 6.07) is 13.4. The lowest BCUT2D eigenvalue weighted by Gasteiger charge is -2.19. The van der Waals surface area contributed by atoms with Crippen molar-refractivity contribution in [2.75, 3.05) is 24.5 Å². The van der Waals surface area contributed by atoms with Gasteiger partial charge >= 0.3 is 0 Å². The topological polar surface area (TPSA) is 45.2 Å². The van der Waals surface area contributed by atoms with Crippen molar-refractivity contribution in [1.82, 2.24) is 10.3 Å². The molecule has 0 unspecified atom stereocenters. The van der Waals surface area contributed by atoms with Crippen LogP contribution in [0.2, 0.25) is 0 Å². The molecule has 116 valence electrons. The molecule has 0 aliphatic carbocycles. The molecule has 0 saturated carbocycles. The maximum Gasteiger partial charge on any atom is 0.255 e. The Balaban J connectivity index is 1.64. The Labute approximate surface area is 136 Å². The van der Waals surface area contributed by atoms with Gasteiger partial charge in [0.1, 0.15) is 5.82 Å². The first-order chi connectivity index (χ1) is 11.3. The van der Waals surface area contributed by atoms with Gasteiger partial charge in [0.2, 0.25) is 0 Å². The fraction of sp³-hybridized carbons (Fsp3) is 0.263. The Bertz CT molecular complexity index is 725. The number of benzene rings is 1. The number of aromatic nitrogens is 1. The first kappa shape index (κ1) is 15.1. The third kappa shape index (κ3) is 3.89. The molecule has 0 bridgehead atoms. The van der Waals surface area contributed by atoms with E-state index in [9.17, 15) is 4.79 Å². The van der Waals surface area contributed by atoms with Gasteiger partial charge < -0.3 is 10.2 Å². The minimum atomic E-state index is -0.123. The van der Waals surface area contributed by atoms with Crippen LogP contribution in [0, 0.1) is 11.8 Å². The summed E-state index contributed by atoms with van der Waals surface area (Å²) in [7, 11) is 0. The molecule has 0 radical (unpaired) electrons. The fourth-order valence-electron chi connectivity index (χ4n) is 2.64. The van der Waals surface area contributed by atoms with Gasteiger partial charge in [0.25, 0.3) is 5.91 Å². The predicted molar refractivity (Wildman–Crippen MR) is 91.3 cm³/mol. The molecule has 2 heterocycles. The normalized spacial score (nSPS) is 13.3. The van der Waals surface area contributed by atoms with Gasteiger partial charge in [-0.1, -0.05) is 30.0 Å². The summed E-state index contributed by atoms with van der Waals surface area (Å²) in [5.74, 6) is 6.66. The number of carbonyl (C=O) groups is 1. The lowest BCUT2D eigenvalue weighted by Crippen LogP contribution is -2.28. The van der Waals surface area contributed by atoms with E-state index >= 15 is 0 Å². The zero-order chi connectivity index (χ0) is 15.9. The van der Waals surface area contributed by atoms with Crippen LogP contribution in [-0.4, -0.2) is 30.5 Å². The van der Waals surface area contributed by atoms with E-state index in [2.05, 4.69) is 27.0 Å². The van der Waals surface area contributed by atoms with Gasteiger partial charge in [-0.3, -0.25) is 4.79 Å². The van der Waals surface area contributed by atoms with E-state index in [-0.39, 0.29) is 5.91 Å². The van der Waals surface area contributed by atoms with Crippen LogP contribution >= 0.6 is 0 Å². The van der Waals surface area contributed by atoms with Crippen molar-refractivity contribution in [1.29, 1.82) is 0 Å². The van der Waals surface area contributed by atoms with Crippen LogP contribution in [0.4, 0.5) is 5.82 Å². The number of nitrogens with zero attached hydrogens (tertiary/aromatic N) is 2. The molecule has 4 nitrogen and oxygen atoms in total. The van der Waals surface area contributed by atoms with Crippen LogP contribution in [0.15, 0.2) is 48.7 Å². The lowest BCUT2D eigenvalue weighted by molar-refractivity contribution is 0.0959. The molecule has 1 aromatic carbocycles. The Morgan fingerprint density at radius 2 is 1.91 bits per heavy atom. The second kappa shape index (κ2) is 7.46. The van der Waals surface area contributed by atoms with E-state index in [1.807, 2.05) is 36.4 Å². The first-order valence-corrected chi connectivity index (χ1v) is 7.87. The highest BCUT2D eigenvalue weighted by Crippen LogP contribution is 2.21. The summed E-state index contributed by atoms with van der Waals surface area (Å²) in [4.78, 5) is 18.9. The molecule has 1 N–H and O–H groups in total. The number of carbonyl (C=O) groups excluding carboxylic acids is 1. The maximum absolute atomic E-state index is 12.4. The largest absolute Gasteiger partial charge is 0.356 e. The molecule has 0 atom stereocenters. The van der Waals surface area contributed by atoms with Gasteiger partial charge in [-0.2, -0.15) is 0 Å². The van der Waals surface area contributed by atoms with Crippen molar-refractivity contribution >= 4 is 11.7 Å². The number of nitrogens with one attached hydrogen (secondary N) is 1. The van der Waals surface area contributed by atoms with E-state index in [0.717, 1.165) is 37.3 Å². The average molecular weight is 305 g/mol. The smallest absolute Gasteiger partial charge is 0.255 e. The Hall–Kier alpha value is -2.80. The summed E-state index contributed by atoms with van der Waals surface area (Å²) in [6.45, 7) is 2.25. The summed E-state index contributed by atoms with van der Waals surface area (Å²) >= 11 is 0. The highest BCUT2D eigenvalue weighted by atomic mass is 16.1. The maximum atomic E-state index is 12.4. The van der Waals surface area contributed by atoms with E-state index in [1.54, 1.807) is 12.3 Å². The van der Waals surface area contributed by atoms with E-state index in [1.165, 1.54) is 0 Å². The van der Waals surface area contributed by atoms with Gasteiger partial charge in [0, 0.05) is 24.8 Å². The van der Waals surface area contributed by atoms with Crippen molar-refractivity contribution in [3.8, 4) is 11.8 Å². The van der Waals surface area contributed by atoms with Gasteiger partial charge in [0.15, 0.2) is 0 Å². The number of hydrogen-bond acceptors (Lipinski definition) is 3. The van der Waals surface area contributed by atoms with Crippen LogP contribution in [0.25, 0.3) is 0 Å². The zero-order valence-electron chi connectivity index (χ0n) is 13.0. The minimum absolute atomic E-state index is 0.123. The molecule has 4 heteroatoms. The Kier molecular flexibility index (Phi) is 4.90. The molecule has 0 spiro atoms. The summed E-state index contributed by atoms with van der Waals surface area (Å²) in [5.41, 5.74) is 1.57. The molecule has 1 aliphatic rings. The van der Waals surface area contributed by atoms with Crippen molar-refractivity contribution in [2.24, 2.45) is 0 Å². The summed E-state index contributed by atoms with van der Waals surface area (Å²) in [6.07, 6.45) is 4.04. The molecule has 3 rings (SSSR count). The standard InChI is InChI=1S/C19H19N3O/c23-19(21-13-6-10-16-8-2-1-3-9-16)17-11-7-12-20-18(17)22-14-4-5-15-22/h1-3,7-9,11-12H,4-5,13-15H2,(H,21,23). The van der Waals surface area contributed by atoms with Crippen LogP contribution in [0.5, 0.6) is 0 Å². The van der Waals surface area contributed by atoms with Crippen LogP contribution < -0.4 is 10.2 Å². The Morgan fingerprint density at radius 3 is 2.70 bits per heavy atom. The lowest BCUT2D eigenvalue weighted by atomic mass is 10.2. The van der Waals surface area contributed by atoms with Crippen molar-refractivity contribution in [2.45, 2.75) is 12.8 Å². The first-order valence-electron chi connectivity index (χ1n) is 7.87. The second-order valence-corrected chi connectivity index (χ2v) is 5.42. The number of amides is 1. The molecule has 2 aromatic rings. The molecular formula is C19H19N3O. The monoisotopic (exact) mass is 305 g/mol. The Morgan fingerprint density at radius 1 is 1.13 bits per heavy atom. The van der Waals surface area contributed by atoms with Crippen LogP contribution in [0.3, 0.4) is 0 Å². The quantitative estimate of drug-likeness (QED) is 0.886. The molecule has 1 amide bonds. The van der Waals surface area contributed by atoms with Crippen molar-refractivity contribution in [3.05, 3.63) is 59.8 Å². The number of anilines is 1. The van der Waals surface area contributed by atoms with Crippen molar-refractivity contribution < 1.29 is 4.79 Å². The molecule has 1 fully saturated rings. The highest BCUT2D eigenvalue weighted by molar-refractivity contribution is 5.99. The molecule has 1 aliphatic heterocycles. The van der Waals surface area contributed by atoms with Crippen LogP contribution in [-0.2, 0) is 0 Å². The van der Waals surface area contributed by atoms with E-state index in [0.29, 0.717) is 12.1 Å². The molecule has 1 aromatic heterocycles. The molecular weight excluding hydrogens is 286 g/mol. The summed E-state index contributed by atoms with van der Waals surface area (Å²) in [5, 5.41) is 2.85. The third-order valence-electron chi connectivity index (χ3n) is 3.78. The second-order valence-electron chi connectivity index (χ2n) is 5.42. The van der Waals surface area contributed by atoms with Gasteiger partial charge in [-0.25, -0.2) is 4.98 Å². The molecule has 23 heavy (non-hydrogen) atoms. The average Bonchev–Trinajstić information content (AvgIpc) is 3.14. The third-order valence-corrected chi connectivity index (χ3v) is 3.78. The number of rotatable bonds is 3. The van der Waals surface area contributed by atoms with Crippen LogP contribution in [0.1, 0.15) is 28.8 Å². The van der Waals surface area contributed by atoms with Gasteiger partial charge in [0.05, 0.1) is 12.1 Å². The molecule has 1 saturated heterocycles. The van der Waals surface area contributed by atoms with E-state index in [4.69, 9.17) is 0 Å². The SMILES string of the molecule is O=C(NCC#Cc1ccccc1)c1cccnc1N1CCCC1. The van der Waals surface area contributed by atoms with Crippen molar-refractivity contribution in [3.63, 3.8) is 0 Å². The van der Waals surface area contributed by atoms with Gasteiger partial charge in [-0.15, -0.1) is 0 Å². The predicted octanol–water partition coefficient (Wildman–Crippen LogP) is 2.46. The number of hydrogen-bond donors (Lipinski definition) is 1. The minimum Gasteiger partial charge on any atom is -0.356 e. The number of pyridine rings is 1. The highest BCUT2D eigenvalue weighted by Gasteiger charge is 2.19. The zero-order valence-corrected chi connectivity index (χ0v) is 13.0.